The Bertz CT molecular complexity index is 608. The number of phenols is 1. The fourth-order valence-corrected chi connectivity index (χ4v) is 1.94. The smallest absolute Gasteiger partial charge is 0.259 e. The minimum absolute atomic E-state index is 0.0454. The molecule has 0 saturated carbocycles. The maximum absolute atomic E-state index is 12.9. The van der Waals surface area contributed by atoms with E-state index in [1.54, 1.807) is 0 Å². The van der Waals surface area contributed by atoms with Crippen LogP contribution in [0.1, 0.15) is 29.3 Å². The summed E-state index contributed by atoms with van der Waals surface area (Å²) in [5, 5.41) is 12.2. The highest BCUT2D eigenvalue weighted by molar-refractivity contribution is 6.06. The molecule has 1 amide bonds. The zero-order chi connectivity index (χ0) is 14.5. The molecule has 0 fully saturated rings. The van der Waals surface area contributed by atoms with E-state index in [1.807, 2.05) is 24.3 Å². The summed E-state index contributed by atoms with van der Waals surface area (Å²) in [7, 11) is 0. The minimum Gasteiger partial charge on any atom is -0.507 e. The Morgan fingerprint density at radius 1 is 1.20 bits per heavy atom. The first-order valence-corrected chi connectivity index (χ1v) is 6.49. The molecule has 4 heteroatoms. The monoisotopic (exact) mass is 273 g/mol. The summed E-state index contributed by atoms with van der Waals surface area (Å²) >= 11 is 0. The van der Waals surface area contributed by atoms with Gasteiger partial charge >= 0.3 is 0 Å². The van der Waals surface area contributed by atoms with E-state index in [0.29, 0.717) is 5.69 Å². The van der Waals surface area contributed by atoms with Gasteiger partial charge in [-0.2, -0.15) is 0 Å². The van der Waals surface area contributed by atoms with E-state index in [4.69, 9.17) is 0 Å². The Balaban J connectivity index is 2.11. The van der Waals surface area contributed by atoms with Gasteiger partial charge in [0.15, 0.2) is 0 Å². The molecule has 0 radical (unpaired) electrons. The first-order chi connectivity index (χ1) is 9.60. The number of anilines is 1. The van der Waals surface area contributed by atoms with Crippen LogP contribution in [0.25, 0.3) is 0 Å². The summed E-state index contributed by atoms with van der Waals surface area (Å²) in [6.45, 7) is 2.10. The molecule has 0 aliphatic rings. The van der Waals surface area contributed by atoms with Crippen LogP contribution in [0.4, 0.5) is 10.1 Å². The van der Waals surface area contributed by atoms with Crippen molar-refractivity contribution >= 4 is 11.6 Å². The lowest BCUT2D eigenvalue weighted by molar-refractivity contribution is 0.102. The number of halogens is 1. The largest absolute Gasteiger partial charge is 0.507 e. The highest BCUT2D eigenvalue weighted by atomic mass is 19.1. The van der Waals surface area contributed by atoms with Gasteiger partial charge in [-0.1, -0.05) is 25.5 Å². The van der Waals surface area contributed by atoms with Gasteiger partial charge in [-0.3, -0.25) is 4.79 Å². The molecule has 0 spiro atoms. The topological polar surface area (TPSA) is 49.3 Å². The lowest BCUT2D eigenvalue weighted by atomic mass is 10.1. The van der Waals surface area contributed by atoms with E-state index in [0.717, 1.165) is 25.0 Å². The molecule has 3 nitrogen and oxygen atoms in total. The highest BCUT2D eigenvalue weighted by Crippen LogP contribution is 2.20. The van der Waals surface area contributed by atoms with Gasteiger partial charge in [0.25, 0.3) is 5.91 Å². The molecule has 2 aromatic carbocycles. The molecule has 0 aromatic heterocycles. The Morgan fingerprint density at radius 3 is 2.50 bits per heavy atom. The summed E-state index contributed by atoms with van der Waals surface area (Å²) in [6, 6.07) is 10.8. The summed E-state index contributed by atoms with van der Waals surface area (Å²) in [4.78, 5) is 12.0. The van der Waals surface area contributed by atoms with Crippen LogP contribution in [0.15, 0.2) is 42.5 Å². The van der Waals surface area contributed by atoms with Gasteiger partial charge in [0.1, 0.15) is 11.6 Å². The first-order valence-electron chi connectivity index (χ1n) is 6.49. The number of phenolic OH excluding ortho intramolecular Hbond substituents is 1. The molecule has 0 aliphatic heterocycles. The summed E-state index contributed by atoms with van der Waals surface area (Å²) < 4.78 is 12.9. The second-order valence-electron chi connectivity index (χ2n) is 4.56. The van der Waals surface area contributed by atoms with E-state index in [1.165, 1.54) is 11.6 Å². The average molecular weight is 273 g/mol. The number of nitrogens with one attached hydrogen (secondary N) is 1. The van der Waals surface area contributed by atoms with Crippen molar-refractivity contribution in [3.8, 4) is 5.75 Å². The highest BCUT2D eigenvalue weighted by Gasteiger charge is 2.11. The van der Waals surface area contributed by atoms with Crippen LogP contribution in [0.2, 0.25) is 0 Å². The van der Waals surface area contributed by atoms with Gasteiger partial charge in [0.2, 0.25) is 0 Å². The van der Waals surface area contributed by atoms with Crippen LogP contribution in [0.3, 0.4) is 0 Å². The quantitative estimate of drug-likeness (QED) is 0.891. The Morgan fingerprint density at radius 2 is 1.90 bits per heavy atom. The number of aryl methyl sites for hydroxylation is 1. The van der Waals surface area contributed by atoms with Gasteiger partial charge in [-0.15, -0.1) is 0 Å². The molecule has 0 saturated heterocycles. The fraction of sp³-hybridized carbons (Fsp3) is 0.188. The van der Waals surface area contributed by atoms with Crippen molar-refractivity contribution in [1.82, 2.24) is 0 Å². The van der Waals surface area contributed by atoms with Gasteiger partial charge in [0, 0.05) is 11.8 Å². The van der Waals surface area contributed by atoms with Crippen molar-refractivity contribution in [2.24, 2.45) is 0 Å². The molecule has 2 N–H and O–H groups in total. The molecule has 20 heavy (non-hydrogen) atoms. The normalized spacial score (nSPS) is 10.3. The lowest BCUT2D eigenvalue weighted by Gasteiger charge is -2.07. The third-order valence-electron chi connectivity index (χ3n) is 2.95. The van der Waals surface area contributed by atoms with Crippen LogP contribution in [0, 0.1) is 5.82 Å². The molecular weight excluding hydrogens is 257 g/mol. The third-order valence-corrected chi connectivity index (χ3v) is 2.95. The van der Waals surface area contributed by atoms with Crippen LogP contribution in [-0.4, -0.2) is 11.0 Å². The van der Waals surface area contributed by atoms with Gasteiger partial charge < -0.3 is 10.4 Å². The van der Waals surface area contributed by atoms with Gasteiger partial charge in [-0.25, -0.2) is 4.39 Å². The molecule has 0 aliphatic carbocycles. The minimum atomic E-state index is -0.581. The van der Waals surface area contributed by atoms with Gasteiger partial charge in [-0.05, 0) is 36.2 Å². The second kappa shape index (κ2) is 6.19. The van der Waals surface area contributed by atoms with Crippen LogP contribution >= 0.6 is 0 Å². The average Bonchev–Trinajstić information content (AvgIpc) is 2.41. The van der Waals surface area contributed by atoms with E-state index in [9.17, 15) is 14.3 Å². The predicted octanol–water partition coefficient (Wildman–Crippen LogP) is 3.74. The number of aromatic hydroxyl groups is 1. The molecular formula is C16H16FNO2. The maximum atomic E-state index is 12.9. The second-order valence-corrected chi connectivity index (χ2v) is 4.56. The van der Waals surface area contributed by atoms with Crippen molar-refractivity contribution in [1.29, 1.82) is 0 Å². The van der Waals surface area contributed by atoms with Gasteiger partial charge in [0.05, 0.1) is 5.56 Å². The first kappa shape index (κ1) is 14.1. The number of hydrogen-bond acceptors (Lipinski definition) is 2. The maximum Gasteiger partial charge on any atom is 0.259 e. The van der Waals surface area contributed by atoms with E-state index < -0.39 is 11.7 Å². The van der Waals surface area contributed by atoms with Crippen molar-refractivity contribution in [2.45, 2.75) is 19.8 Å². The van der Waals surface area contributed by atoms with E-state index >= 15 is 0 Å². The zero-order valence-electron chi connectivity index (χ0n) is 11.2. The lowest BCUT2D eigenvalue weighted by Crippen LogP contribution is -2.12. The summed E-state index contributed by atoms with van der Waals surface area (Å²) in [5.41, 5.74) is 1.89. The van der Waals surface area contributed by atoms with Crippen molar-refractivity contribution in [2.75, 3.05) is 5.32 Å². The Hall–Kier alpha value is -2.36. The van der Waals surface area contributed by atoms with Crippen LogP contribution in [0.5, 0.6) is 5.75 Å². The number of benzene rings is 2. The molecule has 104 valence electrons. The molecule has 0 unspecified atom stereocenters. The molecule has 0 atom stereocenters. The zero-order valence-corrected chi connectivity index (χ0v) is 11.2. The summed E-state index contributed by atoms with van der Waals surface area (Å²) in [6.07, 6.45) is 2.06. The predicted molar refractivity (Wildman–Crippen MR) is 76.5 cm³/mol. The van der Waals surface area contributed by atoms with E-state index in [2.05, 4.69) is 12.2 Å². The number of hydrogen-bond donors (Lipinski definition) is 2. The number of carbonyl (C=O) groups is 1. The van der Waals surface area contributed by atoms with Crippen molar-refractivity contribution in [3.63, 3.8) is 0 Å². The molecule has 0 bridgehead atoms. The fourth-order valence-electron chi connectivity index (χ4n) is 1.94. The standard InChI is InChI=1S/C16H16FNO2/c1-2-3-11-4-7-13(8-5-11)18-16(20)14-9-6-12(17)10-15(14)19/h4-10,19H,2-3H2,1H3,(H,18,20). The molecule has 0 heterocycles. The summed E-state index contributed by atoms with van der Waals surface area (Å²) in [5.74, 6) is -1.42. The molecule has 2 aromatic rings. The van der Waals surface area contributed by atoms with Crippen LogP contribution < -0.4 is 5.32 Å². The van der Waals surface area contributed by atoms with Crippen LogP contribution in [-0.2, 0) is 6.42 Å². The number of amides is 1. The Labute approximate surface area is 117 Å². The van der Waals surface area contributed by atoms with Crippen molar-refractivity contribution in [3.05, 3.63) is 59.4 Å². The number of rotatable bonds is 4. The number of carbonyl (C=O) groups excluding carboxylic acids is 1. The van der Waals surface area contributed by atoms with Crippen molar-refractivity contribution < 1.29 is 14.3 Å². The third kappa shape index (κ3) is 3.35. The van der Waals surface area contributed by atoms with E-state index in [-0.39, 0.29) is 11.3 Å². The SMILES string of the molecule is CCCc1ccc(NC(=O)c2ccc(F)cc2O)cc1. The molecule has 2 rings (SSSR count). The Kier molecular flexibility index (Phi) is 4.35.